The van der Waals surface area contributed by atoms with Crippen LogP contribution in [0.15, 0.2) is 5.38 Å². The molecule has 1 rings (SSSR count). The van der Waals surface area contributed by atoms with Crippen molar-refractivity contribution in [3.8, 4) is 0 Å². The largest absolute Gasteiger partial charge is 0.372 e. The molecule has 0 saturated heterocycles. The highest BCUT2D eigenvalue weighted by Crippen LogP contribution is 2.21. The molecule has 0 aromatic carbocycles. The molecule has 1 unspecified atom stereocenters. The molecule has 0 aliphatic rings. The first-order valence-electron chi connectivity index (χ1n) is 7.20. The van der Waals surface area contributed by atoms with Crippen molar-refractivity contribution in [3.63, 3.8) is 0 Å². The Labute approximate surface area is 125 Å². The Kier molecular flexibility index (Phi) is 8.41. The summed E-state index contributed by atoms with van der Waals surface area (Å²) >= 11 is 1.55. The Morgan fingerprint density at radius 1 is 1.40 bits per heavy atom. The zero-order chi connectivity index (χ0) is 14.8. The number of rotatable bonds is 10. The number of ether oxygens (including phenoxy) is 1. The van der Waals surface area contributed by atoms with Gasteiger partial charge in [0.2, 0.25) is 5.91 Å². The van der Waals surface area contributed by atoms with Gasteiger partial charge in [-0.15, -0.1) is 11.3 Å². The van der Waals surface area contributed by atoms with Gasteiger partial charge in [-0.1, -0.05) is 6.92 Å². The Morgan fingerprint density at radius 3 is 2.90 bits per heavy atom. The third-order valence-electron chi connectivity index (χ3n) is 2.73. The molecule has 0 aliphatic heterocycles. The van der Waals surface area contributed by atoms with Gasteiger partial charge in [-0.2, -0.15) is 0 Å². The molecular formula is C14H25N3O2S. The molecule has 0 fully saturated rings. The molecule has 0 bridgehead atoms. The number of amides is 1. The summed E-state index contributed by atoms with van der Waals surface area (Å²) < 4.78 is 5.49. The standard InChI is InChI=1S/C14H25N3O2S/c1-4-6-15-7-8-16-13(18)9-12-10-20-14(17-12)11(3)19-5-2/h10-11,15H,4-9H2,1-3H3,(H,16,18). The van der Waals surface area contributed by atoms with E-state index in [4.69, 9.17) is 4.74 Å². The van der Waals surface area contributed by atoms with Crippen molar-refractivity contribution < 1.29 is 9.53 Å². The highest BCUT2D eigenvalue weighted by molar-refractivity contribution is 7.09. The number of hydrogen-bond acceptors (Lipinski definition) is 5. The first-order valence-corrected chi connectivity index (χ1v) is 8.08. The zero-order valence-corrected chi connectivity index (χ0v) is 13.4. The van der Waals surface area contributed by atoms with Crippen molar-refractivity contribution in [2.24, 2.45) is 0 Å². The topological polar surface area (TPSA) is 63.2 Å². The number of thiazole rings is 1. The molecule has 1 atom stereocenters. The van der Waals surface area contributed by atoms with Gasteiger partial charge in [0.25, 0.3) is 0 Å². The first-order chi connectivity index (χ1) is 9.67. The lowest BCUT2D eigenvalue weighted by atomic mass is 10.3. The maximum Gasteiger partial charge on any atom is 0.226 e. The quantitative estimate of drug-likeness (QED) is 0.648. The summed E-state index contributed by atoms with van der Waals surface area (Å²) in [5, 5.41) is 8.99. The Balaban J connectivity index is 2.28. The molecule has 20 heavy (non-hydrogen) atoms. The van der Waals surface area contributed by atoms with Crippen LogP contribution >= 0.6 is 11.3 Å². The molecule has 2 N–H and O–H groups in total. The molecule has 1 amide bonds. The number of carbonyl (C=O) groups is 1. The van der Waals surface area contributed by atoms with Gasteiger partial charge in [-0.25, -0.2) is 4.98 Å². The maximum atomic E-state index is 11.7. The molecule has 0 radical (unpaired) electrons. The smallest absolute Gasteiger partial charge is 0.226 e. The van der Waals surface area contributed by atoms with Crippen LogP contribution in [0, 0.1) is 0 Å². The van der Waals surface area contributed by atoms with E-state index in [1.165, 1.54) is 0 Å². The lowest BCUT2D eigenvalue weighted by Gasteiger charge is -2.07. The van der Waals surface area contributed by atoms with Crippen LogP contribution in [0.4, 0.5) is 0 Å². The summed E-state index contributed by atoms with van der Waals surface area (Å²) in [7, 11) is 0. The molecule has 1 aromatic rings. The predicted octanol–water partition coefficient (Wildman–Crippen LogP) is 1.90. The van der Waals surface area contributed by atoms with Crippen LogP contribution in [-0.4, -0.2) is 37.1 Å². The minimum Gasteiger partial charge on any atom is -0.372 e. The first kappa shape index (κ1) is 17.1. The number of hydrogen-bond donors (Lipinski definition) is 2. The lowest BCUT2D eigenvalue weighted by Crippen LogP contribution is -2.33. The fraction of sp³-hybridized carbons (Fsp3) is 0.714. The Bertz CT molecular complexity index is 396. The minimum absolute atomic E-state index is 0.0000510. The fourth-order valence-corrected chi connectivity index (χ4v) is 2.55. The van der Waals surface area contributed by atoms with Gasteiger partial charge in [0.15, 0.2) is 0 Å². The van der Waals surface area contributed by atoms with Crippen molar-refractivity contribution in [2.75, 3.05) is 26.2 Å². The summed E-state index contributed by atoms with van der Waals surface area (Å²) in [4.78, 5) is 16.2. The van der Waals surface area contributed by atoms with Gasteiger partial charge >= 0.3 is 0 Å². The molecule has 0 saturated carbocycles. The second-order valence-electron chi connectivity index (χ2n) is 4.55. The number of carbonyl (C=O) groups excluding carboxylic acids is 1. The van der Waals surface area contributed by atoms with Crippen LogP contribution in [0.1, 0.15) is 44.0 Å². The summed E-state index contributed by atoms with van der Waals surface area (Å²) in [6.45, 7) is 9.18. The third-order valence-corrected chi connectivity index (χ3v) is 3.78. The molecule has 5 nitrogen and oxygen atoms in total. The van der Waals surface area contributed by atoms with Crippen molar-refractivity contribution in [3.05, 3.63) is 16.1 Å². The molecule has 114 valence electrons. The normalized spacial score (nSPS) is 12.3. The van der Waals surface area contributed by atoms with Crippen molar-refractivity contribution >= 4 is 17.2 Å². The number of nitrogens with zero attached hydrogens (tertiary/aromatic N) is 1. The SMILES string of the molecule is CCCNCCNC(=O)Cc1csc(C(C)OCC)n1. The summed E-state index contributed by atoms with van der Waals surface area (Å²) in [6.07, 6.45) is 1.44. The van der Waals surface area contributed by atoms with E-state index in [1.807, 2.05) is 19.2 Å². The molecule has 6 heteroatoms. The molecular weight excluding hydrogens is 274 g/mol. The van der Waals surface area contributed by atoms with Gasteiger partial charge in [0.1, 0.15) is 11.1 Å². The van der Waals surface area contributed by atoms with Gasteiger partial charge in [0.05, 0.1) is 12.1 Å². The maximum absolute atomic E-state index is 11.7. The van der Waals surface area contributed by atoms with Crippen LogP contribution in [0.2, 0.25) is 0 Å². The van der Waals surface area contributed by atoms with E-state index in [0.29, 0.717) is 19.6 Å². The summed E-state index contributed by atoms with van der Waals surface area (Å²) in [5.74, 6) is 0.0178. The van der Waals surface area contributed by atoms with Crippen LogP contribution in [0.25, 0.3) is 0 Å². The van der Waals surface area contributed by atoms with E-state index in [1.54, 1.807) is 11.3 Å². The second-order valence-corrected chi connectivity index (χ2v) is 5.44. The number of nitrogens with one attached hydrogen (secondary N) is 2. The second kappa shape index (κ2) is 9.85. The molecule has 1 heterocycles. The van der Waals surface area contributed by atoms with E-state index in [9.17, 15) is 4.79 Å². The van der Waals surface area contributed by atoms with Gasteiger partial charge in [-0.3, -0.25) is 4.79 Å². The summed E-state index contributed by atoms with van der Waals surface area (Å²) in [6, 6.07) is 0. The predicted molar refractivity (Wildman–Crippen MR) is 82.0 cm³/mol. The van der Waals surface area contributed by atoms with Crippen LogP contribution in [0.5, 0.6) is 0 Å². The average molecular weight is 299 g/mol. The van der Waals surface area contributed by atoms with E-state index in [0.717, 1.165) is 30.2 Å². The van der Waals surface area contributed by atoms with Crippen molar-refractivity contribution in [1.29, 1.82) is 0 Å². The summed E-state index contributed by atoms with van der Waals surface area (Å²) in [5.41, 5.74) is 0.815. The highest BCUT2D eigenvalue weighted by Gasteiger charge is 2.12. The lowest BCUT2D eigenvalue weighted by molar-refractivity contribution is -0.120. The Morgan fingerprint density at radius 2 is 2.20 bits per heavy atom. The van der Waals surface area contributed by atoms with Gasteiger partial charge < -0.3 is 15.4 Å². The van der Waals surface area contributed by atoms with Crippen molar-refractivity contribution in [2.45, 2.75) is 39.7 Å². The average Bonchev–Trinajstić information content (AvgIpc) is 2.87. The van der Waals surface area contributed by atoms with E-state index in [-0.39, 0.29) is 12.0 Å². The molecule has 1 aromatic heterocycles. The monoisotopic (exact) mass is 299 g/mol. The minimum atomic E-state index is 0.0000510. The van der Waals surface area contributed by atoms with E-state index >= 15 is 0 Å². The van der Waals surface area contributed by atoms with Crippen LogP contribution < -0.4 is 10.6 Å². The molecule has 0 aliphatic carbocycles. The molecule has 0 spiro atoms. The zero-order valence-electron chi connectivity index (χ0n) is 12.6. The van der Waals surface area contributed by atoms with E-state index in [2.05, 4.69) is 22.5 Å². The third kappa shape index (κ3) is 6.45. The van der Waals surface area contributed by atoms with Crippen LogP contribution in [-0.2, 0) is 16.0 Å². The van der Waals surface area contributed by atoms with Crippen molar-refractivity contribution in [1.82, 2.24) is 15.6 Å². The van der Waals surface area contributed by atoms with Gasteiger partial charge in [0, 0.05) is 25.1 Å². The van der Waals surface area contributed by atoms with Gasteiger partial charge in [-0.05, 0) is 26.8 Å². The Hall–Kier alpha value is -0.980. The van der Waals surface area contributed by atoms with E-state index < -0.39 is 0 Å². The number of aromatic nitrogens is 1. The highest BCUT2D eigenvalue weighted by atomic mass is 32.1. The van der Waals surface area contributed by atoms with Crippen LogP contribution in [0.3, 0.4) is 0 Å². The fourth-order valence-electron chi connectivity index (χ4n) is 1.73.